The highest BCUT2D eigenvalue weighted by atomic mass is 19.4. The first-order valence-electron chi connectivity index (χ1n) is 6.71. The summed E-state index contributed by atoms with van der Waals surface area (Å²) in [5.41, 5.74) is 1.87. The van der Waals surface area contributed by atoms with Crippen molar-refractivity contribution in [2.75, 3.05) is 5.43 Å². The number of aromatic nitrogens is 2. The van der Waals surface area contributed by atoms with E-state index in [0.717, 1.165) is 23.1 Å². The quantitative estimate of drug-likeness (QED) is 0.585. The smallest absolute Gasteiger partial charge is 0.259 e. The van der Waals surface area contributed by atoms with E-state index in [1.807, 2.05) is 24.3 Å². The van der Waals surface area contributed by atoms with Gasteiger partial charge in [0.2, 0.25) is 0 Å². The van der Waals surface area contributed by atoms with Crippen molar-refractivity contribution in [2.45, 2.75) is 6.18 Å². The van der Waals surface area contributed by atoms with Crippen molar-refractivity contribution in [3.8, 4) is 0 Å². The fourth-order valence-electron chi connectivity index (χ4n) is 2.14. The molecule has 0 bridgehead atoms. The van der Waals surface area contributed by atoms with E-state index in [1.165, 1.54) is 18.2 Å². The van der Waals surface area contributed by atoms with E-state index in [9.17, 15) is 13.2 Å². The number of nitrogens with one attached hydrogen (secondary N) is 1. The van der Waals surface area contributed by atoms with Crippen LogP contribution >= 0.6 is 0 Å². The molecule has 116 valence electrons. The Morgan fingerprint density at radius 1 is 1.00 bits per heavy atom. The van der Waals surface area contributed by atoms with Crippen molar-refractivity contribution in [3.63, 3.8) is 0 Å². The maximum absolute atomic E-state index is 12.9. The predicted molar refractivity (Wildman–Crippen MR) is 82.2 cm³/mol. The summed E-state index contributed by atoms with van der Waals surface area (Å²) in [7, 11) is 0. The molecule has 0 unspecified atom stereocenters. The summed E-state index contributed by atoms with van der Waals surface area (Å²) in [6.45, 7) is 0. The Labute approximate surface area is 129 Å². The monoisotopic (exact) mass is 316 g/mol. The zero-order chi connectivity index (χ0) is 16.3. The van der Waals surface area contributed by atoms with Gasteiger partial charge < -0.3 is 0 Å². The number of nitrogens with zero attached hydrogens (tertiary/aromatic N) is 3. The summed E-state index contributed by atoms with van der Waals surface area (Å²) in [6, 6.07) is 12.6. The van der Waals surface area contributed by atoms with E-state index in [0.29, 0.717) is 5.82 Å². The number of hydrazone groups is 1. The van der Waals surface area contributed by atoms with Crippen LogP contribution in [0.5, 0.6) is 0 Å². The van der Waals surface area contributed by atoms with Gasteiger partial charge in [-0.15, -0.1) is 5.10 Å². The molecule has 3 rings (SSSR count). The molecule has 4 nitrogen and oxygen atoms in total. The summed E-state index contributed by atoms with van der Waals surface area (Å²) < 4.78 is 38.7. The van der Waals surface area contributed by atoms with Crippen LogP contribution in [0.15, 0.2) is 59.8 Å². The summed E-state index contributed by atoms with van der Waals surface area (Å²) in [5, 5.41) is 13.2. The van der Waals surface area contributed by atoms with Crippen molar-refractivity contribution in [1.29, 1.82) is 0 Å². The molecule has 23 heavy (non-hydrogen) atoms. The molecule has 0 aliphatic heterocycles. The minimum absolute atomic E-state index is 0.0271. The standard InChI is InChI=1S/C16H11F3N4/c17-16(18,19)14-8-4-2-6-12(14)10-21-23-15-13-7-3-1-5-11(13)9-20-22-15/h1-10H,(H,22,23). The van der Waals surface area contributed by atoms with Crippen molar-refractivity contribution in [3.05, 3.63) is 65.9 Å². The van der Waals surface area contributed by atoms with Crippen LogP contribution in [0.3, 0.4) is 0 Å². The van der Waals surface area contributed by atoms with E-state index in [4.69, 9.17) is 0 Å². The van der Waals surface area contributed by atoms with E-state index < -0.39 is 11.7 Å². The van der Waals surface area contributed by atoms with Gasteiger partial charge in [-0.1, -0.05) is 42.5 Å². The van der Waals surface area contributed by atoms with Gasteiger partial charge in [0, 0.05) is 16.3 Å². The third kappa shape index (κ3) is 3.28. The largest absolute Gasteiger partial charge is 0.417 e. The van der Waals surface area contributed by atoms with E-state index in [-0.39, 0.29) is 5.56 Å². The van der Waals surface area contributed by atoms with Gasteiger partial charge in [-0.05, 0) is 6.07 Å². The fraction of sp³-hybridized carbons (Fsp3) is 0.0625. The Hall–Kier alpha value is -2.96. The lowest BCUT2D eigenvalue weighted by Gasteiger charge is -2.09. The maximum Gasteiger partial charge on any atom is 0.417 e. The van der Waals surface area contributed by atoms with Gasteiger partial charge in [-0.25, -0.2) is 0 Å². The molecule has 0 fully saturated rings. The van der Waals surface area contributed by atoms with Crippen LogP contribution in [0.25, 0.3) is 10.8 Å². The molecular weight excluding hydrogens is 305 g/mol. The molecule has 0 amide bonds. The van der Waals surface area contributed by atoms with E-state index in [2.05, 4.69) is 20.7 Å². The highest BCUT2D eigenvalue weighted by Crippen LogP contribution is 2.31. The first-order chi connectivity index (χ1) is 11.1. The first-order valence-corrected chi connectivity index (χ1v) is 6.71. The molecule has 1 N–H and O–H groups in total. The highest BCUT2D eigenvalue weighted by molar-refractivity contribution is 5.91. The second-order valence-corrected chi connectivity index (χ2v) is 4.74. The van der Waals surface area contributed by atoms with Gasteiger partial charge in [0.05, 0.1) is 18.0 Å². The Kier molecular flexibility index (Phi) is 3.92. The van der Waals surface area contributed by atoms with Crippen molar-refractivity contribution < 1.29 is 13.2 Å². The lowest BCUT2D eigenvalue weighted by Crippen LogP contribution is -2.09. The molecule has 0 radical (unpaired) electrons. The average Bonchev–Trinajstić information content (AvgIpc) is 2.55. The zero-order valence-corrected chi connectivity index (χ0v) is 11.7. The predicted octanol–water partition coefficient (Wildman–Crippen LogP) is 4.09. The molecule has 1 aromatic heterocycles. The van der Waals surface area contributed by atoms with Gasteiger partial charge in [0.1, 0.15) is 0 Å². The van der Waals surface area contributed by atoms with Gasteiger partial charge >= 0.3 is 6.18 Å². The number of benzene rings is 2. The molecule has 7 heteroatoms. The highest BCUT2D eigenvalue weighted by Gasteiger charge is 2.32. The number of alkyl halides is 3. The second kappa shape index (κ2) is 6.04. The van der Waals surface area contributed by atoms with Crippen LogP contribution in [0, 0.1) is 0 Å². The molecule has 0 spiro atoms. The summed E-state index contributed by atoms with van der Waals surface area (Å²) in [4.78, 5) is 0. The Bertz CT molecular complexity index is 854. The van der Waals surface area contributed by atoms with Crippen LogP contribution < -0.4 is 5.43 Å². The van der Waals surface area contributed by atoms with E-state index in [1.54, 1.807) is 6.20 Å². The number of rotatable bonds is 3. The minimum atomic E-state index is -4.43. The second-order valence-electron chi connectivity index (χ2n) is 4.74. The Morgan fingerprint density at radius 2 is 1.74 bits per heavy atom. The molecule has 3 aromatic rings. The lowest BCUT2D eigenvalue weighted by molar-refractivity contribution is -0.137. The molecule has 0 aliphatic carbocycles. The normalized spacial score (nSPS) is 12.0. The lowest BCUT2D eigenvalue weighted by atomic mass is 10.1. The molecule has 0 saturated heterocycles. The van der Waals surface area contributed by atoms with E-state index >= 15 is 0 Å². The molecule has 0 saturated carbocycles. The number of halogens is 3. The number of hydrogen-bond acceptors (Lipinski definition) is 4. The maximum atomic E-state index is 12.9. The van der Waals surface area contributed by atoms with Gasteiger partial charge in [0.15, 0.2) is 5.82 Å². The fourth-order valence-corrected chi connectivity index (χ4v) is 2.14. The average molecular weight is 316 g/mol. The third-order valence-electron chi connectivity index (χ3n) is 3.21. The number of fused-ring (bicyclic) bond motifs is 1. The summed E-state index contributed by atoms with van der Waals surface area (Å²) in [5.74, 6) is 0.379. The van der Waals surface area contributed by atoms with Crippen LogP contribution in [0.2, 0.25) is 0 Å². The topological polar surface area (TPSA) is 50.2 Å². The van der Waals surface area contributed by atoms with Crippen LogP contribution in [-0.4, -0.2) is 16.4 Å². The van der Waals surface area contributed by atoms with Crippen LogP contribution in [0.4, 0.5) is 19.0 Å². The number of hydrogen-bond donors (Lipinski definition) is 1. The van der Waals surface area contributed by atoms with Gasteiger partial charge in [-0.3, -0.25) is 5.43 Å². The molecule has 0 aliphatic rings. The Balaban J connectivity index is 1.87. The number of anilines is 1. The SMILES string of the molecule is FC(F)(F)c1ccccc1C=NNc1nncc2ccccc12. The minimum Gasteiger partial charge on any atom is -0.259 e. The Morgan fingerprint density at radius 3 is 2.57 bits per heavy atom. The summed E-state index contributed by atoms with van der Waals surface area (Å²) in [6.07, 6.45) is -1.71. The third-order valence-corrected chi connectivity index (χ3v) is 3.21. The van der Waals surface area contributed by atoms with Gasteiger partial charge in [0.25, 0.3) is 0 Å². The molecule has 1 heterocycles. The molecule has 2 aromatic carbocycles. The van der Waals surface area contributed by atoms with Crippen LogP contribution in [-0.2, 0) is 6.18 Å². The van der Waals surface area contributed by atoms with Crippen LogP contribution in [0.1, 0.15) is 11.1 Å². The zero-order valence-electron chi connectivity index (χ0n) is 11.7. The van der Waals surface area contributed by atoms with Crippen molar-refractivity contribution in [1.82, 2.24) is 10.2 Å². The van der Waals surface area contributed by atoms with Gasteiger partial charge in [-0.2, -0.15) is 23.4 Å². The van der Waals surface area contributed by atoms with Crippen molar-refractivity contribution >= 4 is 22.8 Å². The first kappa shape index (κ1) is 15.0. The molecule has 0 atom stereocenters. The summed E-state index contributed by atoms with van der Waals surface area (Å²) >= 11 is 0. The van der Waals surface area contributed by atoms with Crippen molar-refractivity contribution in [2.24, 2.45) is 5.10 Å². The molecular formula is C16H11F3N4.